The summed E-state index contributed by atoms with van der Waals surface area (Å²) >= 11 is 0. The molecule has 0 unspecified atom stereocenters. The minimum Gasteiger partial charge on any atom is -0.368 e. The molecule has 39 heavy (non-hydrogen) atoms. The molecule has 1 saturated heterocycles. The molecule has 11 nitrogen and oxygen atoms in total. The Kier molecular flexibility index (Phi) is 6.03. The van der Waals surface area contributed by atoms with E-state index in [9.17, 15) is 14.9 Å². The van der Waals surface area contributed by atoms with E-state index in [1.165, 1.54) is 10.9 Å². The van der Waals surface area contributed by atoms with Crippen LogP contribution in [-0.4, -0.2) is 63.4 Å². The highest BCUT2D eigenvalue weighted by atomic mass is 19.1. The SMILES string of the molecule is CCn1c2c3c(cc(CN4CCN(c5ccc(C(=O)NC6(C#N)CC6)nc5C)CC4)c(F)c3nc1=O)NC=N2. The number of aromatic nitrogens is 3. The Bertz CT molecular complexity index is 1630. The molecule has 0 radical (unpaired) electrons. The van der Waals surface area contributed by atoms with Crippen molar-refractivity contribution in [2.75, 3.05) is 36.4 Å². The Labute approximate surface area is 224 Å². The number of anilines is 2. The molecule has 0 atom stereocenters. The van der Waals surface area contributed by atoms with Crippen LogP contribution in [0.4, 0.5) is 21.6 Å². The summed E-state index contributed by atoms with van der Waals surface area (Å²) in [5.74, 6) is -0.402. The first-order valence-electron chi connectivity index (χ1n) is 13.1. The maximum atomic E-state index is 15.6. The number of aryl methyl sites for hydroxylation is 1. The Morgan fingerprint density at radius 3 is 2.67 bits per heavy atom. The Balaban J connectivity index is 1.16. The summed E-state index contributed by atoms with van der Waals surface area (Å²) in [6, 6.07) is 7.53. The van der Waals surface area contributed by atoms with Gasteiger partial charge in [-0.3, -0.25) is 14.3 Å². The molecular weight excluding hydrogens is 501 g/mol. The number of nitriles is 1. The summed E-state index contributed by atoms with van der Waals surface area (Å²) in [5.41, 5.74) is 1.94. The summed E-state index contributed by atoms with van der Waals surface area (Å²) in [4.78, 5) is 42.2. The van der Waals surface area contributed by atoms with Gasteiger partial charge in [-0.2, -0.15) is 10.2 Å². The number of piperazine rings is 1. The third-order valence-electron chi connectivity index (χ3n) is 7.67. The Morgan fingerprint density at radius 2 is 2.00 bits per heavy atom. The van der Waals surface area contributed by atoms with Gasteiger partial charge in [0.05, 0.1) is 34.9 Å². The van der Waals surface area contributed by atoms with Crippen LogP contribution >= 0.6 is 0 Å². The highest BCUT2D eigenvalue weighted by molar-refractivity contribution is 6.06. The first kappa shape index (κ1) is 24.9. The molecular formula is C27H28FN9O2. The number of benzene rings is 1. The fourth-order valence-electron chi connectivity index (χ4n) is 5.30. The van der Waals surface area contributed by atoms with Crippen molar-refractivity contribution < 1.29 is 9.18 Å². The minimum atomic E-state index is -0.736. The highest BCUT2D eigenvalue weighted by Crippen LogP contribution is 2.36. The van der Waals surface area contributed by atoms with Crippen LogP contribution in [0.3, 0.4) is 0 Å². The Morgan fingerprint density at radius 1 is 1.23 bits per heavy atom. The molecule has 2 aromatic heterocycles. The largest absolute Gasteiger partial charge is 0.368 e. The molecule has 1 aliphatic carbocycles. The van der Waals surface area contributed by atoms with Crippen LogP contribution in [0.1, 0.15) is 41.5 Å². The second kappa shape index (κ2) is 9.43. The van der Waals surface area contributed by atoms with Gasteiger partial charge in [0.15, 0.2) is 5.82 Å². The molecule has 12 heteroatoms. The zero-order valence-corrected chi connectivity index (χ0v) is 21.8. The standard InChI is InChI=1S/C27H28FN9O2/c1-3-37-24-21-19(30-15-31-24)12-17(22(28)23(21)33-26(37)39)13-35-8-10-36(11-9-35)20-5-4-18(32-16(20)2)25(38)34-27(14-29)6-7-27/h4-5,12,15H,3,6-11,13H2,1-2H3,(H,30,31)(H,34,38). The van der Waals surface area contributed by atoms with Gasteiger partial charge in [0.25, 0.3) is 5.91 Å². The van der Waals surface area contributed by atoms with E-state index in [0.717, 1.165) is 11.4 Å². The van der Waals surface area contributed by atoms with E-state index in [2.05, 4.69) is 41.5 Å². The summed E-state index contributed by atoms with van der Waals surface area (Å²) in [6.07, 6.45) is 2.85. The highest BCUT2D eigenvalue weighted by Gasteiger charge is 2.45. The van der Waals surface area contributed by atoms with Gasteiger partial charge in [-0.25, -0.2) is 19.2 Å². The van der Waals surface area contributed by atoms with Crippen molar-refractivity contribution in [3.8, 4) is 6.07 Å². The number of halogens is 1. The van der Waals surface area contributed by atoms with Crippen LogP contribution < -0.4 is 21.2 Å². The minimum absolute atomic E-state index is 0.0448. The molecule has 1 amide bonds. The van der Waals surface area contributed by atoms with Crippen molar-refractivity contribution in [3.63, 3.8) is 0 Å². The zero-order chi connectivity index (χ0) is 27.3. The van der Waals surface area contributed by atoms with E-state index in [4.69, 9.17) is 0 Å². The predicted molar refractivity (Wildman–Crippen MR) is 145 cm³/mol. The second-order valence-corrected chi connectivity index (χ2v) is 10.2. The number of nitrogens with one attached hydrogen (secondary N) is 2. The van der Waals surface area contributed by atoms with Crippen LogP contribution in [0, 0.1) is 24.1 Å². The van der Waals surface area contributed by atoms with Crippen molar-refractivity contribution in [2.24, 2.45) is 4.99 Å². The van der Waals surface area contributed by atoms with Crippen LogP contribution in [0.15, 0.2) is 28.0 Å². The maximum Gasteiger partial charge on any atom is 0.349 e. The second-order valence-electron chi connectivity index (χ2n) is 10.2. The molecule has 2 N–H and O–H groups in total. The van der Waals surface area contributed by atoms with Crippen molar-refractivity contribution in [2.45, 2.75) is 45.3 Å². The van der Waals surface area contributed by atoms with Gasteiger partial charge >= 0.3 is 5.69 Å². The number of hydrogen-bond acceptors (Lipinski definition) is 9. The molecule has 6 rings (SSSR count). The zero-order valence-electron chi connectivity index (χ0n) is 21.8. The van der Waals surface area contributed by atoms with Crippen molar-refractivity contribution in [1.29, 1.82) is 5.26 Å². The topological polar surface area (TPSA) is 132 Å². The third kappa shape index (κ3) is 4.38. The average molecular weight is 530 g/mol. The predicted octanol–water partition coefficient (Wildman–Crippen LogP) is 2.45. The third-order valence-corrected chi connectivity index (χ3v) is 7.67. The quantitative estimate of drug-likeness (QED) is 0.498. The average Bonchev–Trinajstić information content (AvgIpc) is 3.71. The van der Waals surface area contributed by atoms with E-state index in [0.29, 0.717) is 80.3 Å². The van der Waals surface area contributed by atoms with E-state index < -0.39 is 17.0 Å². The lowest BCUT2D eigenvalue weighted by Crippen LogP contribution is -2.46. The molecule has 200 valence electrons. The monoisotopic (exact) mass is 529 g/mol. The summed E-state index contributed by atoms with van der Waals surface area (Å²) in [7, 11) is 0. The van der Waals surface area contributed by atoms with E-state index in [1.807, 2.05) is 19.9 Å². The number of rotatable bonds is 6. The molecule has 4 heterocycles. The molecule has 2 fully saturated rings. The molecule has 2 aliphatic heterocycles. The summed E-state index contributed by atoms with van der Waals surface area (Å²) in [5, 5.41) is 15.6. The normalized spacial score (nSPS) is 17.5. The number of nitrogens with zero attached hydrogens (tertiary/aromatic N) is 7. The van der Waals surface area contributed by atoms with Gasteiger partial charge in [0.1, 0.15) is 22.6 Å². The first-order chi connectivity index (χ1) is 18.8. The first-order valence-corrected chi connectivity index (χ1v) is 13.1. The van der Waals surface area contributed by atoms with Gasteiger partial charge in [-0.05, 0) is 44.9 Å². The van der Waals surface area contributed by atoms with Gasteiger partial charge in [-0.15, -0.1) is 0 Å². The van der Waals surface area contributed by atoms with Crippen molar-refractivity contribution in [3.05, 3.63) is 51.5 Å². The Hall–Kier alpha value is -4.37. The number of carbonyl (C=O) groups excluding carboxylic acids is 1. The van der Waals surface area contributed by atoms with Crippen molar-refractivity contribution in [1.82, 2.24) is 24.8 Å². The van der Waals surface area contributed by atoms with E-state index in [-0.39, 0.29) is 11.4 Å². The van der Waals surface area contributed by atoms with Crippen LogP contribution in [0.5, 0.6) is 0 Å². The number of hydrogen-bond donors (Lipinski definition) is 2. The van der Waals surface area contributed by atoms with Gasteiger partial charge in [-0.1, -0.05) is 0 Å². The van der Waals surface area contributed by atoms with Crippen LogP contribution in [0.2, 0.25) is 0 Å². The van der Waals surface area contributed by atoms with Crippen LogP contribution in [-0.2, 0) is 13.1 Å². The van der Waals surface area contributed by atoms with Gasteiger partial charge < -0.3 is 15.5 Å². The lowest BCUT2D eigenvalue weighted by atomic mass is 10.1. The van der Waals surface area contributed by atoms with E-state index >= 15 is 4.39 Å². The number of carbonyl (C=O) groups is 1. The molecule has 1 aromatic carbocycles. The van der Waals surface area contributed by atoms with Crippen molar-refractivity contribution >= 4 is 40.3 Å². The van der Waals surface area contributed by atoms with E-state index in [1.54, 1.807) is 12.1 Å². The molecule has 0 spiro atoms. The molecule has 3 aromatic rings. The number of pyridine rings is 1. The lowest BCUT2D eigenvalue weighted by molar-refractivity contribution is 0.0936. The smallest absolute Gasteiger partial charge is 0.349 e. The fourth-order valence-corrected chi connectivity index (χ4v) is 5.30. The van der Waals surface area contributed by atoms with Gasteiger partial charge in [0, 0.05) is 44.8 Å². The lowest BCUT2D eigenvalue weighted by Gasteiger charge is -2.36. The molecule has 3 aliphatic rings. The summed E-state index contributed by atoms with van der Waals surface area (Å²) in [6.45, 7) is 7.30. The van der Waals surface area contributed by atoms with Gasteiger partial charge in [0.2, 0.25) is 0 Å². The number of aliphatic imine (C=N–C) groups is 1. The number of amides is 1. The van der Waals surface area contributed by atoms with Crippen LogP contribution in [0.25, 0.3) is 10.9 Å². The summed E-state index contributed by atoms with van der Waals surface area (Å²) < 4.78 is 17.0. The fraction of sp³-hybridized carbons (Fsp3) is 0.407. The molecule has 0 bridgehead atoms. The maximum absolute atomic E-state index is 15.6. The molecule has 1 saturated carbocycles.